The lowest BCUT2D eigenvalue weighted by molar-refractivity contribution is 0.0951. The molecule has 1 aliphatic rings. The normalized spacial score (nSPS) is 13.3. The quantitative estimate of drug-likeness (QED) is 0.553. The standard InChI is InChI=1S/C25H27ClN4O2/c1-17-8-9-18(2)30(17)21-10-11-23(26)22(15-21)24(31)27-16-19-6-5-7-20(14-19)28-25(32)29-12-3-4-13-29/h5-11,14-15H,3-4,12-13,16H2,1-2H3,(H,27,31)(H,28,32). The van der Waals surface area contributed by atoms with Gasteiger partial charge in [-0.1, -0.05) is 23.7 Å². The van der Waals surface area contributed by atoms with Crippen molar-refractivity contribution >= 4 is 29.2 Å². The van der Waals surface area contributed by atoms with Crippen molar-refractivity contribution < 1.29 is 9.59 Å². The molecule has 2 heterocycles. The Morgan fingerprint density at radius 3 is 2.41 bits per heavy atom. The average Bonchev–Trinajstić information content (AvgIpc) is 3.43. The zero-order chi connectivity index (χ0) is 22.7. The van der Waals surface area contributed by atoms with Crippen LogP contribution in [-0.4, -0.2) is 34.5 Å². The van der Waals surface area contributed by atoms with Gasteiger partial charge in [0.15, 0.2) is 0 Å². The summed E-state index contributed by atoms with van der Waals surface area (Å²) in [5.41, 5.74) is 5.10. The van der Waals surface area contributed by atoms with Crippen molar-refractivity contribution in [2.45, 2.75) is 33.2 Å². The monoisotopic (exact) mass is 450 g/mol. The van der Waals surface area contributed by atoms with E-state index in [9.17, 15) is 9.59 Å². The molecule has 0 atom stereocenters. The summed E-state index contributed by atoms with van der Waals surface area (Å²) < 4.78 is 2.08. The number of nitrogens with zero attached hydrogens (tertiary/aromatic N) is 2. The third-order valence-corrected chi connectivity index (χ3v) is 6.08. The molecule has 32 heavy (non-hydrogen) atoms. The Morgan fingerprint density at radius 1 is 0.969 bits per heavy atom. The SMILES string of the molecule is Cc1ccc(C)n1-c1ccc(Cl)c(C(=O)NCc2cccc(NC(=O)N3CCCC3)c2)c1. The molecular formula is C25H27ClN4O2. The summed E-state index contributed by atoms with van der Waals surface area (Å²) >= 11 is 6.34. The predicted octanol–water partition coefficient (Wildman–Crippen LogP) is 5.31. The summed E-state index contributed by atoms with van der Waals surface area (Å²) in [6, 6.07) is 17.0. The predicted molar refractivity (Wildman–Crippen MR) is 128 cm³/mol. The molecule has 0 spiro atoms. The molecule has 4 rings (SSSR count). The van der Waals surface area contributed by atoms with Crippen molar-refractivity contribution in [1.29, 1.82) is 0 Å². The van der Waals surface area contributed by atoms with Crippen LogP contribution in [0.25, 0.3) is 5.69 Å². The first-order valence-electron chi connectivity index (χ1n) is 10.8. The highest BCUT2D eigenvalue weighted by Crippen LogP contribution is 2.23. The number of aromatic nitrogens is 1. The average molecular weight is 451 g/mol. The fourth-order valence-corrected chi connectivity index (χ4v) is 4.26. The zero-order valence-corrected chi connectivity index (χ0v) is 19.1. The first-order chi connectivity index (χ1) is 15.4. The molecule has 0 radical (unpaired) electrons. The minimum Gasteiger partial charge on any atom is -0.348 e. The molecule has 2 aromatic carbocycles. The molecule has 3 aromatic rings. The smallest absolute Gasteiger partial charge is 0.321 e. The Labute approximate surface area is 193 Å². The maximum atomic E-state index is 12.9. The molecule has 0 aliphatic carbocycles. The Morgan fingerprint density at radius 2 is 1.69 bits per heavy atom. The van der Waals surface area contributed by atoms with E-state index >= 15 is 0 Å². The first-order valence-corrected chi connectivity index (χ1v) is 11.2. The van der Waals surface area contributed by atoms with E-state index in [2.05, 4.69) is 15.2 Å². The van der Waals surface area contributed by atoms with E-state index in [0.29, 0.717) is 22.8 Å². The molecule has 1 fully saturated rings. The van der Waals surface area contributed by atoms with Crippen LogP contribution in [0.4, 0.5) is 10.5 Å². The largest absolute Gasteiger partial charge is 0.348 e. The highest BCUT2D eigenvalue weighted by molar-refractivity contribution is 6.33. The molecule has 6 nitrogen and oxygen atoms in total. The van der Waals surface area contributed by atoms with Gasteiger partial charge in [0.05, 0.1) is 10.6 Å². The number of nitrogens with one attached hydrogen (secondary N) is 2. The topological polar surface area (TPSA) is 66.4 Å². The molecule has 0 bridgehead atoms. The Balaban J connectivity index is 1.44. The molecule has 1 aromatic heterocycles. The van der Waals surface area contributed by atoms with Crippen molar-refractivity contribution in [2.24, 2.45) is 0 Å². The molecule has 166 valence electrons. The maximum absolute atomic E-state index is 12.9. The number of likely N-dealkylation sites (tertiary alicyclic amines) is 1. The molecule has 0 saturated carbocycles. The zero-order valence-electron chi connectivity index (χ0n) is 18.3. The number of carbonyl (C=O) groups is 2. The Bertz CT molecular complexity index is 1130. The van der Waals surface area contributed by atoms with E-state index in [-0.39, 0.29) is 11.9 Å². The fraction of sp³-hybridized carbons (Fsp3) is 0.280. The second kappa shape index (κ2) is 9.49. The van der Waals surface area contributed by atoms with E-state index in [1.54, 1.807) is 6.07 Å². The number of halogens is 1. The summed E-state index contributed by atoms with van der Waals surface area (Å²) in [4.78, 5) is 27.0. The number of carbonyl (C=O) groups excluding carboxylic acids is 2. The van der Waals surface area contributed by atoms with Crippen LogP contribution in [-0.2, 0) is 6.54 Å². The molecule has 7 heteroatoms. The van der Waals surface area contributed by atoms with Gasteiger partial charge in [-0.05, 0) is 74.7 Å². The van der Waals surface area contributed by atoms with Crippen molar-refractivity contribution in [1.82, 2.24) is 14.8 Å². The number of benzene rings is 2. The van der Waals surface area contributed by atoms with E-state index < -0.39 is 0 Å². The number of aryl methyl sites for hydroxylation is 2. The van der Waals surface area contributed by atoms with Crippen LogP contribution in [0.5, 0.6) is 0 Å². The lowest BCUT2D eigenvalue weighted by Gasteiger charge is -2.16. The summed E-state index contributed by atoms with van der Waals surface area (Å²) in [6.07, 6.45) is 2.10. The molecule has 2 N–H and O–H groups in total. The van der Waals surface area contributed by atoms with Gasteiger partial charge in [-0.15, -0.1) is 0 Å². The third kappa shape index (κ3) is 4.81. The van der Waals surface area contributed by atoms with Gasteiger partial charge in [0.1, 0.15) is 0 Å². The summed E-state index contributed by atoms with van der Waals surface area (Å²) in [7, 11) is 0. The van der Waals surface area contributed by atoms with Crippen LogP contribution in [0.3, 0.4) is 0 Å². The number of hydrogen-bond acceptors (Lipinski definition) is 2. The number of rotatable bonds is 5. The van der Waals surface area contributed by atoms with Crippen LogP contribution >= 0.6 is 11.6 Å². The van der Waals surface area contributed by atoms with E-state index in [1.807, 2.05) is 67.3 Å². The van der Waals surface area contributed by atoms with Crippen LogP contribution < -0.4 is 10.6 Å². The Kier molecular flexibility index (Phi) is 6.51. The number of amides is 3. The maximum Gasteiger partial charge on any atom is 0.321 e. The van der Waals surface area contributed by atoms with Crippen molar-refractivity contribution in [3.05, 3.63) is 82.1 Å². The van der Waals surface area contributed by atoms with Gasteiger partial charge in [0, 0.05) is 42.4 Å². The first kappa shape index (κ1) is 22.0. The molecule has 1 aliphatic heterocycles. The van der Waals surface area contributed by atoms with Crippen LogP contribution in [0.2, 0.25) is 5.02 Å². The van der Waals surface area contributed by atoms with Gasteiger partial charge in [-0.3, -0.25) is 4.79 Å². The fourth-order valence-electron chi connectivity index (χ4n) is 4.06. The van der Waals surface area contributed by atoms with Gasteiger partial charge in [0.25, 0.3) is 5.91 Å². The molecular weight excluding hydrogens is 424 g/mol. The van der Waals surface area contributed by atoms with Gasteiger partial charge in [-0.2, -0.15) is 0 Å². The van der Waals surface area contributed by atoms with Gasteiger partial charge in [-0.25, -0.2) is 4.79 Å². The van der Waals surface area contributed by atoms with E-state index in [4.69, 9.17) is 11.6 Å². The van der Waals surface area contributed by atoms with Crippen LogP contribution in [0, 0.1) is 13.8 Å². The minimum atomic E-state index is -0.245. The Hall–Kier alpha value is -3.25. The van der Waals surface area contributed by atoms with Crippen LogP contribution in [0.15, 0.2) is 54.6 Å². The minimum absolute atomic E-state index is 0.0807. The van der Waals surface area contributed by atoms with Gasteiger partial charge >= 0.3 is 6.03 Å². The lowest BCUT2D eigenvalue weighted by Crippen LogP contribution is -2.32. The van der Waals surface area contributed by atoms with Crippen molar-refractivity contribution in [2.75, 3.05) is 18.4 Å². The summed E-state index contributed by atoms with van der Waals surface area (Å²) in [5, 5.41) is 6.28. The second-order valence-corrected chi connectivity index (χ2v) is 8.53. The molecule has 3 amide bonds. The van der Waals surface area contributed by atoms with E-state index in [1.165, 1.54) is 0 Å². The molecule has 0 unspecified atom stereocenters. The lowest BCUT2D eigenvalue weighted by atomic mass is 10.1. The number of anilines is 1. The van der Waals surface area contributed by atoms with Gasteiger partial charge < -0.3 is 20.1 Å². The summed E-state index contributed by atoms with van der Waals surface area (Å²) in [6.45, 7) is 5.97. The van der Waals surface area contributed by atoms with E-state index in [0.717, 1.165) is 48.6 Å². The van der Waals surface area contributed by atoms with Gasteiger partial charge in [0.2, 0.25) is 0 Å². The molecule has 1 saturated heterocycles. The highest BCUT2D eigenvalue weighted by Gasteiger charge is 2.18. The highest BCUT2D eigenvalue weighted by atomic mass is 35.5. The van der Waals surface area contributed by atoms with Crippen LogP contribution in [0.1, 0.15) is 40.2 Å². The third-order valence-electron chi connectivity index (χ3n) is 5.75. The summed E-state index contributed by atoms with van der Waals surface area (Å²) in [5.74, 6) is -0.245. The van der Waals surface area contributed by atoms with Crippen molar-refractivity contribution in [3.63, 3.8) is 0 Å². The second-order valence-electron chi connectivity index (χ2n) is 8.12. The number of urea groups is 1. The number of hydrogen-bond donors (Lipinski definition) is 2. The van der Waals surface area contributed by atoms with Crippen molar-refractivity contribution in [3.8, 4) is 5.69 Å².